The minimum absolute atomic E-state index is 0.0880. The fourth-order valence-corrected chi connectivity index (χ4v) is 2.15. The molecule has 1 aromatic rings. The van der Waals surface area contributed by atoms with E-state index >= 15 is 0 Å². The van der Waals surface area contributed by atoms with Gasteiger partial charge in [0.1, 0.15) is 6.23 Å². The number of carbonyl (C=O) groups is 1. The molecule has 0 bridgehead atoms. The topological polar surface area (TPSA) is 41.6 Å². The van der Waals surface area contributed by atoms with Gasteiger partial charge in [-0.05, 0) is 44.4 Å². The Balaban J connectivity index is 2.05. The third kappa shape index (κ3) is 3.01. The lowest BCUT2D eigenvalue weighted by Crippen LogP contribution is -2.44. The summed E-state index contributed by atoms with van der Waals surface area (Å²) in [6.07, 6.45) is 1.79. The summed E-state index contributed by atoms with van der Waals surface area (Å²) in [6.45, 7) is 5.37. The van der Waals surface area contributed by atoms with Crippen LogP contribution in [0.2, 0.25) is 0 Å². The molecular weight excluding hydrogens is 228 g/mol. The van der Waals surface area contributed by atoms with Gasteiger partial charge in [0.2, 0.25) is 0 Å². The SMILES string of the molecule is CCN(C(=O)NC1CCCO1)c1cccc(C)c1. The van der Waals surface area contributed by atoms with Gasteiger partial charge in [-0.25, -0.2) is 4.79 Å². The summed E-state index contributed by atoms with van der Waals surface area (Å²) < 4.78 is 5.42. The maximum absolute atomic E-state index is 12.2. The van der Waals surface area contributed by atoms with E-state index in [1.165, 1.54) is 0 Å². The van der Waals surface area contributed by atoms with Crippen molar-refractivity contribution >= 4 is 11.7 Å². The van der Waals surface area contributed by atoms with Crippen molar-refractivity contribution in [3.8, 4) is 0 Å². The lowest BCUT2D eigenvalue weighted by molar-refractivity contribution is 0.0918. The van der Waals surface area contributed by atoms with Crippen LogP contribution in [0.3, 0.4) is 0 Å². The number of urea groups is 1. The molecule has 1 atom stereocenters. The fourth-order valence-electron chi connectivity index (χ4n) is 2.15. The Morgan fingerprint density at radius 1 is 1.56 bits per heavy atom. The first-order chi connectivity index (χ1) is 8.70. The van der Waals surface area contributed by atoms with Crippen LogP contribution < -0.4 is 10.2 Å². The molecule has 1 heterocycles. The Kier molecular flexibility index (Phi) is 4.20. The van der Waals surface area contributed by atoms with E-state index in [0.29, 0.717) is 6.54 Å². The predicted molar refractivity (Wildman–Crippen MR) is 71.7 cm³/mol. The monoisotopic (exact) mass is 248 g/mol. The molecular formula is C14H20N2O2. The number of hydrogen-bond donors (Lipinski definition) is 1. The van der Waals surface area contributed by atoms with Crippen LogP contribution in [0, 0.1) is 6.92 Å². The number of benzene rings is 1. The van der Waals surface area contributed by atoms with Gasteiger partial charge in [0, 0.05) is 18.8 Å². The van der Waals surface area contributed by atoms with Crippen molar-refractivity contribution in [2.75, 3.05) is 18.1 Å². The van der Waals surface area contributed by atoms with Crippen LogP contribution in [0.25, 0.3) is 0 Å². The lowest BCUT2D eigenvalue weighted by atomic mass is 10.2. The zero-order chi connectivity index (χ0) is 13.0. The third-order valence-corrected chi connectivity index (χ3v) is 3.09. The molecule has 0 radical (unpaired) electrons. The van der Waals surface area contributed by atoms with Gasteiger partial charge in [-0.15, -0.1) is 0 Å². The number of nitrogens with zero attached hydrogens (tertiary/aromatic N) is 1. The molecule has 0 saturated carbocycles. The van der Waals surface area contributed by atoms with Crippen LogP contribution in [0.1, 0.15) is 25.3 Å². The Morgan fingerprint density at radius 2 is 2.39 bits per heavy atom. The van der Waals surface area contributed by atoms with Gasteiger partial charge in [-0.3, -0.25) is 4.90 Å². The second kappa shape index (κ2) is 5.87. The Hall–Kier alpha value is -1.55. The molecule has 98 valence electrons. The van der Waals surface area contributed by atoms with Crippen molar-refractivity contribution in [1.29, 1.82) is 0 Å². The molecule has 0 aromatic heterocycles. The standard InChI is InChI=1S/C14H20N2O2/c1-3-16(12-7-4-6-11(2)10-12)14(17)15-13-8-5-9-18-13/h4,6-7,10,13H,3,5,8-9H2,1-2H3,(H,15,17). The summed E-state index contributed by atoms with van der Waals surface area (Å²) in [5.41, 5.74) is 2.07. The van der Waals surface area contributed by atoms with Crippen molar-refractivity contribution < 1.29 is 9.53 Å². The first-order valence-corrected chi connectivity index (χ1v) is 6.47. The van der Waals surface area contributed by atoms with Gasteiger partial charge < -0.3 is 10.1 Å². The second-order valence-electron chi connectivity index (χ2n) is 4.53. The van der Waals surface area contributed by atoms with Crippen molar-refractivity contribution in [2.45, 2.75) is 32.9 Å². The smallest absolute Gasteiger partial charge is 0.323 e. The lowest BCUT2D eigenvalue weighted by Gasteiger charge is -2.23. The summed E-state index contributed by atoms with van der Waals surface area (Å²) in [5.74, 6) is 0. The molecule has 0 spiro atoms. The molecule has 1 N–H and O–H groups in total. The zero-order valence-corrected chi connectivity index (χ0v) is 11.0. The first-order valence-electron chi connectivity index (χ1n) is 6.47. The number of nitrogens with one attached hydrogen (secondary N) is 1. The number of aryl methyl sites for hydroxylation is 1. The quantitative estimate of drug-likeness (QED) is 0.893. The molecule has 1 aliphatic heterocycles. The Bertz CT molecular complexity index is 414. The average molecular weight is 248 g/mol. The molecule has 1 unspecified atom stereocenters. The normalized spacial score (nSPS) is 18.7. The van der Waals surface area contributed by atoms with Gasteiger partial charge in [-0.2, -0.15) is 0 Å². The summed E-state index contributed by atoms with van der Waals surface area (Å²) in [4.78, 5) is 13.9. The summed E-state index contributed by atoms with van der Waals surface area (Å²) in [6, 6.07) is 7.86. The van der Waals surface area contributed by atoms with E-state index in [1.54, 1.807) is 4.90 Å². The number of ether oxygens (including phenoxy) is 1. The number of rotatable bonds is 3. The van der Waals surface area contributed by atoms with Gasteiger partial charge in [0.15, 0.2) is 0 Å². The highest BCUT2D eigenvalue weighted by Crippen LogP contribution is 2.17. The van der Waals surface area contributed by atoms with E-state index < -0.39 is 0 Å². The number of amides is 2. The molecule has 18 heavy (non-hydrogen) atoms. The highest BCUT2D eigenvalue weighted by Gasteiger charge is 2.21. The van der Waals surface area contributed by atoms with Crippen LogP contribution in [0.5, 0.6) is 0 Å². The summed E-state index contributed by atoms with van der Waals surface area (Å²) in [7, 11) is 0. The molecule has 4 heteroatoms. The van der Waals surface area contributed by atoms with E-state index in [0.717, 1.165) is 30.7 Å². The molecule has 1 saturated heterocycles. The highest BCUT2D eigenvalue weighted by atomic mass is 16.5. The molecule has 2 amide bonds. The van der Waals surface area contributed by atoms with E-state index in [-0.39, 0.29) is 12.3 Å². The highest BCUT2D eigenvalue weighted by molar-refractivity contribution is 5.92. The number of anilines is 1. The van der Waals surface area contributed by atoms with Crippen LogP contribution in [0.15, 0.2) is 24.3 Å². The maximum atomic E-state index is 12.2. The zero-order valence-electron chi connectivity index (χ0n) is 11.0. The Labute approximate surface area is 108 Å². The largest absolute Gasteiger partial charge is 0.358 e. The molecule has 1 aliphatic rings. The van der Waals surface area contributed by atoms with E-state index in [2.05, 4.69) is 5.32 Å². The van der Waals surface area contributed by atoms with Crippen molar-refractivity contribution in [3.05, 3.63) is 29.8 Å². The molecule has 4 nitrogen and oxygen atoms in total. The first kappa shape index (κ1) is 12.9. The van der Waals surface area contributed by atoms with E-state index in [1.807, 2.05) is 38.1 Å². The van der Waals surface area contributed by atoms with Gasteiger partial charge in [0.25, 0.3) is 0 Å². The van der Waals surface area contributed by atoms with Crippen molar-refractivity contribution in [2.24, 2.45) is 0 Å². The van der Waals surface area contributed by atoms with Crippen molar-refractivity contribution in [3.63, 3.8) is 0 Å². The van der Waals surface area contributed by atoms with Gasteiger partial charge in [-0.1, -0.05) is 12.1 Å². The Morgan fingerprint density at radius 3 is 3.00 bits per heavy atom. The summed E-state index contributed by atoms with van der Waals surface area (Å²) >= 11 is 0. The molecule has 1 fully saturated rings. The fraction of sp³-hybridized carbons (Fsp3) is 0.500. The van der Waals surface area contributed by atoms with Crippen LogP contribution in [-0.2, 0) is 4.74 Å². The minimum Gasteiger partial charge on any atom is -0.358 e. The van der Waals surface area contributed by atoms with Gasteiger partial charge in [0.05, 0.1) is 0 Å². The van der Waals surface area contributed by atoms with Crippen LogP contribution in [-0.4, -0.2) is 25.4 Å². The van der Waals surface area contributed by atoms with Crippen LogP contribution in [0.4, 0.5) is 10.5 Å². The average Bonchev–Trinajstić information content (AvgIpc) is 2.83. The number of carbonyl (C=O) groups excluding carboxylic acids is 1. The second-order valence-corrected chi connectivity index (χ2v) is 4.53. The van der Waals surface area contributed by atoms with Crippen LogP contribution >= 0.6 is 0 Å². The van der Waals surface area contributed by atoms with E-state index in [4.69, 9.17) is 4.74 Å². The molecule has 0 aliphatic carbocycles. The van der Waals surface area contributed by atoms with Crippen molar-refractivity contribution in [1.82, 2.24) is 5.32 Å². The number of hydrogen-bond acceptors (Lipinski definition) is 2. The summed E-state index contributed by atoms with van der Waals surface area (Å²) in [5, 5.41) is 2.91. The maximum Gasteiger partial charge on any atom is 0.323 e. The van der Waals surface area contributed by atoms with E-state index in [9.17, 15) is 4.79 Å². The predicted octanol–water partition coefficient (Wildman–Crippen LogP) is 2.67. The molecule has 2 rings (SSSR count). The minimum atomic E-state index is -0.128. The third-order valence-electron chi connectivity index (χ3n) is 3.09. The van der Waals surface area contributed by atoms with Gasteiger partial charge >= 0.3 is 6.03 Å². The molecule has 1 aromatic carbocycles.